The van der Waals surface area contributed by atoms with Gasteiger partial charge in [0.15, 0.2) is 0 Å². The van der Waals surface area contributed by atoms with Crippen LogP contribution in [0.4, 0.5) is 11.4 Å². The molecule has 2 aromatic carbocycles. The van der Waals surface area contributed by atoms with Crippen molar-refractivity contribution < 1.29 is 13.2 Å². The average molecular weight is 424 g/mol. The van der Waals surface area contributed by atoms with Crippen molar-refractivity contribution in [3.05, 3.63) is 52.5 Å². The Bertz CT molecular complexity index is 957. The van der Waals surface area contributed by atoms with E-state index in [4.69, 9.17) is 11.6 Å². The molecule has 8 heteroatoms. The van der Waals surface area contributed by atoms with Gasteiger partial charge >= 0.3 is 0 Å². The number of nitrogens with one attached hydrogen (secondary N) is 2. The van der Waals surface area contributed by atoms with Crippen LogP contribution in [0.1, 0.15) is 25.0 Å². The number of benzene rings is 2. The molecule has 0 saturated heterocycles. The van der Waals surface area contributed by atoms with E-state index in [1.54, 1.807) is 50.2 Å². The zero-order valence-corrected chi connectivity index (χ0v) is 18.1. The van der Waals surface area contributed by atoms with Gasteiger partial charge in [0, 0.05) is 29.5 Å². The summed E-state index contributed by atoms with van der Waals surface area (Å²) < 4.78 is 26.8. The van der Waals surface area contributed by atoms with Crippen molar-refractivity contribution in [1.82, 2.24) is 4.31 Å². The summed E-state index contributed by atoms with van der Waals surface area (Å²) in [5.41, 5.74) is 2.89. The van der Waals surface area contributed by atoms with Crippen LogP contribution in [0.15, 0.2) is 41.3 Å². The smallest absolute Gasteiger partial charge is 0.243 e. The molecule has 0 spiro atoms. The Balaban J connectivity index is 2.14. The van der Waals surface area contributed by atoms with E-state index in [0.29, 0.717) is 29.5 Å². The lowest BCUT2D eigenvalue weighted by atomic mass is 10.2. The fourth-order valence-electron chi connectivity index (χ4n) is 2.78. The van der Waals surface area contributed by atoms with Crippen molar-refractivity contribution >= 4 is 38.9 Å². The van der Waals surface area contributed by atoms with Crippen LogP contribution < -0.4 is 10.6 Å². The third-order valence-corrected chi connectivity index (χ3v) is 6.99. The summed E-state index contributed by atoms with van der Waals surface area (Å²) in [6.07, 6.45) is 0. The predicted molar refractivity (Wildman–Crippen MR) is 115 cm³/mol. The van der Waals surface area contributed by atoms with Gasteiger partial charge in [-0.15, -0.1) is 0 Å². The third-order valence-electron chi connectivity index (χ3n) is 4.53. The molecule has 2 aromatic rings. The summed E-state index contributed by atoms with van der Waals surface area (Å²) in [4.78, 5) is 12.5. The number of anilines is 2. The predicted octanol–water partition coefficient (Wildman–Crippen LogP) is 4.04. The molecule has 0 aliphatic heterocycles. The molecule has 152 valence electrons. The lowest BCUT2D eigenvalue weighted by Crippen LogP contribution is -2.30. The van der Waals surface area contributed by atoms with Gasteiger partial charge in [-0.25, -0.2) is 8.42 Å². The highest BCUT2D eigenvalue weighted by Gasteiger charge is 2.22. The van der Waals surface area contributed by atoms with Crippen LogP contribution in [0.25, 0.3) is 0 Å². The SMILES string of the molecule is CCN(CC)S(=O)(=O)c1ccc(C)c(NCC(=O)Nc2cccc(Cl)c2C)c1. The molecule has 0 aliphatic carbocycles. The van der Waals surface area contributed by atoms with E-state index >= 15 is 0 Å². The minimum atomic E-state index is -3.56. The molecule has 28 heavy (non-hydrogen) atoms. The number of carbonyl (C=O) groups is 1. The molecule has 0 unspecified atom stereocenters. The maximum absolute atomic E-state index is 12.7. The van der Waals surface area contributed by atoms with Gasteiger partial charge in [-0.2, -0.15) is 4.31 Å². The molecule has 0 radical (unpaired) electrons. The number of amides is 1. The molecule has 0 bridgehead atoms. The highest BCUT2D eigenvalue weighted by atomic mass is 35.5. The van der Waals surface area contributed by atoms with Gasteiger partial charge in [-0.3, -0.25) is 4.79 Å². The van der Waals surface area contributed by atoms with Crippen molar-refractivity contribution in [3.8, 4) is 0 Å². The Morgan fingerprint density at radius 3 is 2.39 bits per heavy atom. The zero-order valence-electron chi connectivity index (χ0n) is 16.5. The van der Waals surface area contributed by atoms with Crippen LogP contribution in [-0.2, 0) is 14.8 Å². The number of halogens is 1. The van der Waals surface area contributed by atoms with E-state index in [1.165, 1.54) is 4.31 Å². The molecular formula is C20H26ClN3O3S. The molecule has 0 aliphatic rings. The lowest BCUT2D eigenvalue weighted by Gasteiger charge is -2.19. The Morgan fingerprint density at radius 2 is 1.75 bits per heavy atom. The van der Waals surface area contributed by atoms with E-state index in [2.05, 4.69) is 10.6 Å². The first-order chi connectivity index (χ1) is 13.2. The van der Waals surface area contributed by atoms with Crippen LogP contribution >= 0.6 is 11.6 Å². The molecule has 0 saturated carbocycles. The van der Waals surface area contributed by atoms with E-state index < -0.39 is 10.0 Å². The number of aryl methyl sites for hydroxylation is 1. The molecule has 0 fully saturated rings. The second kappa shape index (κ2) is 9.41. The molecular weight excluding hydrogens is 398 g/mol. The molecule has 0 heterocycles. The molecule has 0 atom stereocenters. The standard InChI is InChI=1S/C20H26ClN3O3S/c1-5-24(6-2)28(26,27)16-11-10-14(3)19(12-16)22-13-20(25)23-18-9-7-8-17(21)15(18)4/h7-12,22H,5-6,13H2,1-4H3,(H,23,25). The summed E-state index contributed by atoms with van der Waals surface area (Å²) >= 11 is 6.07. The molecule has 2 rings (SSSR count). The van der Waals surface area contributed by atoms with Gasteiger partial charge in [0.1, 0.15) is 0 Å². The summed E-state index contributed by atoms with van der Waals surface area (Å²) in [7, 11) is -3.56. The van der Waals surface area contributed by atoms with Crippen molar-refractivity contribution in [2.45, 2.75) is 32.6 Å². The van der Waals surface area contributed by atoms with Crippen molar-refractivity contribution in [2.75, 3.05) is 30.3 Å². The summed E-state index contributed by atoms with van der Waals surface area (Å²) in [5.74, 6) is -0.248. The van der Waals surface area contributed by atoms with Crippen LogP contribution in [0.3, 0.4) is 0 Å². The zero-order chi connectivity index (χ0) is 20.9. The number of hydrogen-bond acceptors (Lipinski definition) is 4. The number of hydrogen-bond donors (Lipinski definition) is 2. The molecule has 1 amide bonds. The van der Waals surface area contributed by atoms with Crippen molar-refractivity contribution in [1.29, 1.82) is 0 Å². The molecule has 6 nitrogen and oxygen atoms in total. The van der Waals surface area contributed by atoms with E-state index in [0.717, 1.165) is 11.1 Å². The van der Waals surface area contributed by atoms with Crippen LogP contribution in [-0.4, -0.2) is 38.3 Å². The summed E-state index contributed by atoms with van der Waals surface area (Å²) in [5, 5.41) is 6.42. The van der Waals surface area contributed by atoms with Gasteiger partial charge in [0.05, 0.1) is 11.4 Å². The first-order valence-electron chi connectivity index (χ1n) is 9.10. The molecule has 2 N–H and O–H groups in total. The van der Waals surface area contributed by atoms with Crippen LogP contribution in [0.2, 0.25) is 5.02 Å². The normalized spacial score (nSPS) is 11.5. The Kier molecular flexibility index (Phi) is 7.46. The average Bonchev–Trinajstić information content (AvgIpc) is 2.65. The second-order valence-electron chi connectivity index (χ2n) is 6.38. The Labute approximate surface area is 171 Å². The topological polar surface area (TPSA) is 78.5 Å². The minimum absolute atomic E-state index is 0.00155. The Morgan fingerprint density at radius 1 is 1.07 bits per heavy atom. The van der Waals surface area contributed by atoms with Gasteiger partial charge in [0.2, 0.25) is 15.9 Å². The maximum Gasteiger partial charge on any atom is 0.243 e. The highest BCUT2D eigenvalue weighted by molar-refractivity contribution is 7.89. The maximum atomic E-state index is 12.7. The quantitative estimate of drug-likeness (QED) is 0.671. The number of nitrogens with zero attached hydrogens (tertiary/aromatic N) is 1. The highest BCUT2D eigenvalue weighted by Crippen LogP contribution is 2.24. The lowest BCUT2D eigenvalue weighted by molar-refractivity contribution is -0.114. The van der Waals surface area contributed by atoms with Gasteiger partial charge < -0.3 is 10.6 Å². The largest absolute Gasteiger partial charge is 0.376 e. The van der Waals surface area contributed by atoms with E-state index in [9.17, 15) is 13.2 Å². The summed E-state index contributed by atoms with van der Waals surface area (Å²) in [6.45, 7) is 8.09. The van der Waals surface area contributed by atoms with E-state index in [-0.39, 0.29) is 17.3 Å². The van der Waals surface area contributed by atoms with Gasteiger partial charge in [0.25, 0.3) is 0 Å². The third kappa shape index (κ3) is 5.04. The number of sulfonamides is 1. The van der Waals surface area contributed by atoms with Crippen LogP contribution in [0.5, 0.6) is 0 Å². The minimum Gasteiger partial charge on any atom is -0.376 e. The van der Waals surface area contributed by atoms with Crippen LogP contribution in [0, 0.1) is 13.8 Å². The fraction of sp³-hybridized carbons (Fsp3) is 0.350. The summed E-state index contributed by atoms with van der Waals surface area (Å²) in [6, 6.07) is 10.2. The second-order valence-corrected chi connectivity index (χ2v) is 8.73. The Hall–Kier alpha value is -2.09. The van der Waals surface area contributed by atoms with E-state index in [1.807, 2.05) is 13.8 Å². The fourth-order valence-corrected chi connectivity index (χ4v) is 4.44. The number of rotatable bonds is 8. The monoisotopic (exact) mass is 423 g/mol. The molecule has 0 aromatic heterocycles. The first-order valence-corrected chi connectivity index (χ1v) is 10.9. The van der Waals surface area contributed by atoms with Gasteiger partial charge in [-0.05, 0) is 49.2 Å². The van der Waals surface area contributed by atoms with Gasteiger partial charge in [-0.1, -0.05) is 37.6 Å². The van der Waals surface area contributed by atoms with Crippen molar-refractivity contribution in [3.63, 3.8) is 0 Å². The first kappa shape index (κ1) is 22.2. The van der Waals surface area contributed by atoms with Crippen molar-refractivity contribution in [2.24, 2.45) is 0 Å². The number of carbonyl (C=O) groups excluding carboxylic acids is 1.